The molecule has 0 saturated carbocycles. The van der Waals surface area contributed by atoms with Crippen LogP contribution in [0.1, 0.15) is 20.3 Å². The van der Waals surface area contributed by atoms with Gasteiger partial charge in [0.1, 0.15) is 5.82 Å². The molecule has 0 spiro atoms. The predicted molar refractivity (Wildman–Crippen MR) is 62.6 cm³/mol. The van der Waals surface area contributed by atoms with Gasteiger partial charge in [-0.2, -0.15) is 0 Å². The maximum Gasteiger partial charge on any atom is 0.149 e. The highest BCUT2D eigenvalue weighted by Gasteiger charge is 2.07. The summed E-state index contributed by atoms with van der Waals surface area (Å²) in [4.78, 5) is 4.08. The van der Waals surface area contributed by atoms with Crippen molar-refractivity contribution >= 4 is 11.5 Å². The van der Waals surface area contributed by atoms with Gasteiger partial charge in [0.15, 0.2) is 0 Å². The average molecular weight is 209 g/mol. The standard InChI is InChI=1S/C11H19N3O/c1-8(2)6-9(15)7-14-11-10(12)4-3-5-13-11/h3-5,8-9,15H,6-7,12H2,1-2H3,(H,13,14). The van der Waals surface area contributed by atoms with E-state index >= 15 is 0 Å². The molecule has 1 aromatic heterocycles. The van der Waals surface area contributed by atoms with Gasteiger partial charge in [-0.3, -0.25) is 0 Å². The number of nitrogen functional groups attached to an aromatic ring is 1. The van der Waals surface area contributed by atoms with Gasteiger partial charge >= 0.3 is 0 Å². The van der Waals surface area contributed by atoms with E-state index in [4.69, 9.17) is 5.73 Å². The van der Waals surface area contributed by atoms with Crippen molar-refractivity contribution in [1.82, 2.24) is 4.98 Å². The smallest absolute Gasteiger partial charge is 0.149 e. The molecule has 15 heavy (non-hydrogen) atoms. The van der Waals surface area contributed by atoms with Crippen LogP contribution in [0.25, 0.3) is 0 Å². The van der Waals surface area contributed by atoms with Crippen LogP contribution in [-0.4, -0.2) is 22.7 Å². The highest BCUT2D eigenvalue weighted by atomic mass is 16.3. The molecule has 0 aliphatic heterocycles. The second-order valence-electron chi connectivity index (χ2n) is 4.11. The number of nitrogens with one attached hydrogen (secondary N) is 1. The minimum atomic E-state index is -0.355. The van der Waals surface area contributed by atoms with E-state index in [0.29, 0.717) is 24.0 Å². The maximum absolute atomic E-state index is 9.64. The molecule has 0 aromatic carbocycles. The van der Waals surface area contributed by atoms with Gasteiger partial charge in [-0.25, -0.2) is 4.98 Å². The van der Waals surface area contributed by atoms with Crippen molar-refractivity contribution < 1.29 is 5.11 Å². The number of anilines is 2. The minimum absolute atomic E-state index is 0.355. The van der Waals surface area contributed by atoms with Gasteiger partial charge < -0.3 is 16.2 Å². The summed E-state index contributed by atoms with van der Waals surface area (Å²) in [6, 6.07) is 3.56. The summed E-state index contributed by atoms with van der Waals surface area (Å²) in [6.07, 6.45) is 2.10. The molecule has 0 radical (unpaired) electrons. The van der Waals surface area contributed by atoms with E-state index in [2.05, 4.69) is 24.1 Å². The fraction of sp³-hybridized carbons (Fsp3) is 0.545. The lowest BCUT2D eigenvalue weighted by Crippen LogP contribution is -2.22. The van der Waals surface area contributed by atoms with E-state index in [0.717, 1.165) is 6.42 Å². The number of nitrogens with two attached hydrogens (primary N) is 1. The van der Waals surface area contributed by atoms with E-state index in [1.165, 1.54) is 0 Å². The number of aromatic nitrogens is 1. The average Bonchev–Trinajstić information content (AvgIpc) is 2.15. The molecule has 0 saturated heterocycles. The van der Waals surface area contributed by atoms with Crippen molar-refractivity contribution in [2.45, 2.75) is 26.4 Å². The zero-order valence-corrected chi connectivity index (χ0v) is 9.27. The lowest BCUT2D eigenvalue weighted by Gasteiger charge is -2.14. The Hall–Kier alpha value is -1.29. The Morgan fingerprint density at radius 2 is 2.27 bits per heavy atom. The summed E-state index contributed by atoms with van der Waals surface area (Å²) in [6.45, 7) is 4.65. The zero-order valence-electron chi connectivity index (χ0n) is 9.27. The van der Waals surface area contributed by atoms with Crippen LogP contribution in [0.3, 0.4) is 0 Å². The largest absolute Gasteiger partial charge is 0.396 e. The Balaban J connectivity index is 2.40. The first kappa shape index (κ1) is 11.8. The van der Waals surface area contributed by atoms with Crippen molar-refractivity contribution in [3.63, 3.8) is 0 Å². The summed E-state index contributed by atoms with van der Waals surface area (Å²) in [7, 11) is 0. The first-order chi connectivity index (χ1) is 7.09. The molecule has 1 rings (SSSR count). The summed E-state index contributed by atoms with van der Waals surface area (Å²) in [5, 5.41) is 12.7. The van der Waals surface area contributed by atoms with Crippen LogP contribution in [0.4, 0.5) is 11.5 Å². The second kappa shape index (κ2) is 5.56. The number of hydrogen-bond donors (Lipinski definition) is 3. The van der Waals surface area contributed by atoms with Crippen molar-refractivity contribution in [2.24, 2.45) is 5.92 Å². The van der Waals surface area contributed by atoms with E-state index in [-0.39, 0.29) is 6.10 Å². The van der Waals surface area contributed by atoms with Crippen LogP contribution in [0.15, 0.2) is 18.3 Å². The van der Waals surface area contributed by atoms with Crippen molar-refractivity contribution in [3.05, 3.63) is 18.3 Å². The zero-order chi connectivity index (χ0) is 11.3. The predicted octanol–water partition coefficient (Wildman–Crippen LogP) is 1.48. The Morgan fingerprint density at radius 1 is 1.53 bits per heavy atom. The maximum atomic E-state index is 9.64. The number of hydrogen-bond acceptors (Lipinski definition) is 4. The monoisotopic (exact) mass is 209 g/mol. The molecular formula is C11H19N3O. The molecule has 0 bridgehead atoms. The van der Waals surface area contributed by atoms with Gasteiger partial charge in [-0.05, 0) is 24.5 Å². The van der Waals surface area contributed by atoms with Crippen LogP contribution in [0.2, 0.25) is 0 Å². The van der Waals surface area contributed by atoms with E-state index < -0.39 is 0 Å². The second-order valence-corrected chi connectivity index (χ2v) is 4.11. The van der Waals surface area contributed by atoms with Crippen molar-refractivity contribution in [1.29, 1.82) is 0 Å². The molecule has 1 unspecified atom stereocenters. The molecule has 4 nitrogen and oxygen atoms in total. The lowest BCUT2D eigenvalue weighted by molar-refractivity contribution is 0.161. The SMILES string of the molecule is CC(C)CC(O)CNc1ncccc1N. The van der Waals surface area contributed by atoms with Crippen LogP contribution >= 0.6 is 0 Å². The molecule has 0 aliphatic carbocycles. The highest BCUT2D eigenvalue weighted by molar-refractivity contribution is 5.60. The molecule has 0 aliphatic rings. The molecule has 1 aromatic rings. The normalized spacial score (nSPS) is 12.8. The Labute approximate surface area is 90.5 Å². The van der Waals surface area contributed by atoms with Gasteiger partial charge in [-0.1, -0.05) is 13.8 Å². The number of rotatable bonds is 5. The molecule has 4 N–H and O–H groups in total. The first-order valence-electron chi connectivity index (χ1n) is 5.22. The van der Waals surface area contributed by atoms with Gasteiger partial charge in [0.25, 0.3) is 0 Å². The van der Waals surface area contributed by atoms with Crippen molar-refractivity contribution in [2.75, 3.05) is 17.6 Å². The third kappa shape index (κ3) is 4.16. The van der Waals surface area contributed by atoms with Crippen LogP contribution in [0.5, 0.6) is 0 Å². The van der Waals surface area contributed by atoms with Crippen LogP contribution in [-0.2, 0) is 0 Å². The minimum Gasteiger partial charge on any atom is -0.396 e. The third-order valence-corrected chi connectivity index (χ3v) is 2.09. The number of nitrogens with zero attached hydrogens (tertiary/aromatic N) is 1. The van der Waals surface area contributed by atoms with Gasteiger partial charge in [-0.15, -0.1) is 0 Å². The van der Waals surface area contributed by atoms with E-state index in [1.807, 2.05) is 0 Å². The number of pyridine rings is 1. The number of aliphatic hydroxyl groups excluding tert-OH is 1. The van der Waals surface area contributed by atoms with Gasteiger partial charge in [0.05, 0.1) is 11.8 Å². The Kier molecular flexibility index (Phi) is 4.37. The van der Waals surface area contributed by atoms with Crippen LogP contribution in [0, 0.1) is 5.92 Å². The fourth-order valence-electron chi connectivity index (χ4n) is 1.41. The molecule has 84 valence electrons. The van der Waals surface area contributed by atoms with Gasteiger partial charge in [0, 0.05) is 12.7 Å². The topological polar surface area (TPSA) is 71.2 Å². The number of aliphatic hydroxyl groups is 1. The van der Waals surface area contributed by atoms with Crippen LogP contribution < -0.4 is 11.1 Å². The Bertz CT molecular complexity index is 302. The van der Waals surface area contributed by atoms with Crippen molar-refractivity contribution in [3.8, 4) is 0 Å². The molecule has 0 fully saturated rings. The van der Waals surface area contributed by atoms with E-state index in [1.54, 1.807) is 18.3 Å². The summed E-state index contributed by atoms with van der Waals surface area (Å²) < 4.78 is 0. The molecular weight excluding hydrogens is 190 g/mol. The fourth-order valence-corrected chi connectivity index (χ4v) is 1.41. The van der Waals surface area contributed by atoms with E-state index in [9.17, 15) is 5.11 Å². The molecule has 4 heteroatoms. The third-order valence-electron chi connectivity index (χ3n) is 2.09. The highest BCUT2D eigenvalue weighted by Crippen LogP contribution is 2.13. The molecule has 1 heterocycles. The quantitative estimate of drug-likeness (QED) is 0.687. The molecule has 1 atom stereocenters. The summed E-state index contributed by atoms with van der Waals surface area (Å²) >= 11 is 0. The first-order valence-corrected chi connectivity index (χ1v) is 5.22. The lowest BCUT2D eigenvalue weighted by atomic mass is 10.1. The Morgan fingerprint density at radius 3 is 2.87 bits per heavy atom. The van der Waals surface area contributed by atoms with Gasteiger partial charge in [0.2, 0.25) is 0 Å². The summed E-state index contributed by atoms with van der Waals surface area (Å²) in [5.41, 5.74) is 6.31. The summed E-state index contributed by atoms with van der Waals surface area (Å²) in [5.74, 6) is 1.13. The molecule has 0 amide bonds.